The molecule has 3 rings (SSSR count). The molecule has 0 atom stereocenters. The summed E-state index contributed by atoms with van der Waals surface area (Å²) >= 11 is 12.4. The van der Waals surface area contributed by atoms with Gasteiger partial charge in [-0.05, 0) is 12.1 Å². The van der Waals surface area contributed by atoms with Crippen LogP contribution in [-0.2, 0) is 6.54 Å². The Morgan fingerprint density at radius 1 is 1.24 bits per heavy atom. The fourth-order valence-corrected chi connectivity index (χ4v) is 3.27. The van der Waals surface area contributed by atoms with Gasteiger partial charge < -0.3 is 4.90 Å². The van der Waals surface area contributed by atoms with Gasteiger partial charge in [-0.3, -0.25) is 24.9 Å². The van der Waals surface area contributed by atoms with E-state index in [2.05, 4.69) is 15.1 Å². The number of aromatic nitrogens is 2. The van der Waals surface area contributed by atoms with Gasteiger partial charge in [-0.1, -0.05) is 29.3 Å². The maximum atomic E-state index is 12.4. The molecule has 1 aliphatic rings. The Balaban J connectivity index is 1.63. The molecule has 0 radical (unpaired) electrons. The number of benzene rings is 1. The Morgan fingerprint density at radius 3 is 2.48 bits per heavy atom. The van der Waals surface area contributed by atoms with Crippen LogP contribution in [-0.4, -0.2) is 57.0 Å². The molecule has 1 aliphatic heterocycles. The number of aromatic amines is 1. The summed E-state index contributed by atoms with van der Waals surface area (Å²) in [4.78, 5) is 26.5. The first-order chi connectivity index (χ1) is 12.0. The van der Waals surface area contributed by atoms with E-state index in [1.54, 1.807) is 23.1 Å². The van der Waals surface area contributed by atoms with Gasteiger partial charge in [-0.15, -0.1) is 0 Å². The minimum Gasteiger partial charge on any atom is -0.335 e. The van der Waals surface area contributed by atoms with E-state index < -0.39 is 10.8 Å². The third-order valence-electron chi connectivity index (χ3n) is 4.13. The van der Waals surface area contributed by atoms with Gasteiger partial charge in [0, 0.05) is 48.3 Å². The third-order valence-corrected chi connectivity index (χ3v) is 4.84. The van der Waals surface area contributed by atoms with Crippen LogP contribution < -0.4 is 0 Å². The molecule has 10 heteroatoms. The number of carbonyl (C=O) groups excluding carboxylic acids is 1. The highest BCUT2D eigenvalue weighted by Crippen LogP contribution is 2.26. The second kappa shape index (κ2) is 7.38. The van der Waals surface area contributed by atoms with Crippen LogP contribution in [0.3, 0.4) is 0 Å². The molecular weight excluding hydrogens is 369 g/mol. The van der Waals surface area contributed by atoms with Crippen LogP contribution in [0.25, 0.3) is 0 Å². The molecular formula is C15H15Cl2N5O3. The van der Waals surface area contributed by atoms with Gasteiger partial charge in [-0.2, -0.15) is 5.10 Å². The topological polar surface area (TPSA) is 95.4 Å². The second-order valence-electron chi connectivity index (χ2n) is 5.66. The summed E-state index contributed by atoms with van der Waals surface area (Å²) in [6.07, 6.45) is 1.04. The highest BCUT2D eigenvalue weighted by Gasteiger charge is 2.29. The number of hydrogen-bond donors (Lipinski definition) is 1. The van der Waals surface area contributed by atoms with E-state index in [0.717, 1.165) is 11.8 Å². The molecule has 0 spiro atoms. The highest BCUT2D eigenvalue weighted by atomic mass is 35.5. The lowest BCUT2D eigenvalue weighted by molar-refractivity contribution is -0.385. The number of H-pyrrole nitrogens is 1. The van der Waals surface area contributed by atoms with Crippen molar-refractivity contribution in [3.8, 4) is 0 Å². The number of rotatable bonds is 4. The van der Waals surface area contributed by atoms with E-state index in [9.17, 15) is 14.9 Å². The second-order valence-corrected chi connectivity index (χ2v) is 6.47. The first kappa shape index (κ1) is 17.7. The number of piperazine rings is 1. The van der Waals surface area contributed by atoms with Crippen LogP contribution in [0.1, 0.15) is 16.1 Å². The van der Waals surface area contributed by atoms with Crippen molar-refractivity contribution in [2.24, 2.45) is 0 Å². The zero-order chi connectivity index (χ0) is 18.0. The molecule has 0 saturated carbocycles. The van der Waals surface area contributed by atoms with Crippen molar-refractivity contribution in [3.63, 3.8) is 0 Å². The fourth-order valence-electron chi connectivity index (χ4n) is 2.75. The van der Waals surface area contributed by atoms with E-state index in [1.807, 2.05) is 0 Å². The van der Waals surface area contributed by atoms with Crippen molar-refractivity contribution in [1.29, 1.82) is 0 Å². The smallest absolute Gasteiger partial charge is 0.319 e. The maximum Gasteiger partial charge on any atom is 0.319 e. The summed E-state index contributed by atoms with van der Waals surface area (Å²) in [5, 5.41) is 18.2. The van der Waals surface area contributed by atoms with E-state index in [4.69, 9.17) is 23.2 Å². The highest BCUT2D eigenvalue weighted by molar-refractivity contribution is 6.35. The normalized spacial score (nSPS) is 15.4. The van der Waals surface area contributed by atoms with Crippen molar-refractivity contribution >= 4 is 34.8 Å². The number of halogens is 2. The Kier molecular flexibility index (Phi) is 5.22. The molecule has 0 aliphatic carbocycles. The standard InChI is InChI=1S/C15H15Cl2N5O3/c16-11-2-1-3-12(17)10(11)9-20-4-6-21(7-5-20)15(23)14-13(22(24)25)8-18-19-14/h1-3,8H,4-7,9H2,(H,18,19). The molecule has 0 bridgehead atoms. The number of carbonyl (C=O) groups is 1. The molecule has 1 fully saturated rings. The van der Waals surface area contributed by atoms with Gasteiger partial charge in [0.1, 0.15) is 6.20 Å². The van der Waals surface area contributed by atoms with Crippen LogP contribution >= 0.6 is 23.2 Å². The van der Waals surface area contributed by atoms with Crippen molar-refractivity contribution in [2.75, 3.05) is 26.2 Å². The predicted octanol–water partition coefficient (Wildman–Crippen LogP) is 2.58. The zero-order valence-electron chi connectivity index (χ0n) is 13.1. The molecule has 1 aromatic heterocycles. The molecule has 1 saturated heterocycles. The van der Waals surface area contributed by atoms with Gasteiger partial charge in [0.25, 0.3) is 5.91 Å². The predicted molar refractivity (Wildman–Crippen MR) is 92.9 cm³/mol. The van der Waals surface area contributed by atoms with Gasteiger partial charge >= 0.3 is 5.69 Å². The van der Waals surface area contributed by atoms with Gasteiger partial charge in [0.05, 0.1) is 4.92 Å². The van der Waals surface area contributed by atoms with Crippen molar-refractivity contribution in [2.45, 2.75) is 6.54 Å². The van der Waals surface area contributed by atoms with Gasteiger partial charge in [0.2, 0.25) is 5.69 Å². The van der Waals surface area contributed by atoms with Crippen LogP contribution in [0.4, 0.5) is 5.69 Å². The van der Waals surface area contributed by atoms with Gasteiger partial charge in [0.15, 0.2) is 0 Å². The Labute approximate surface area is 153 Å². The summed E-state index contributed by atoms with van der Waals surface area (Å²) < 4.78 is 0. The summed E-state index contributed by atoms with van der Waals surface area (Å²) in [7, 11) is 0. The molecule has 1 N–H and O–H groups in total. The molecule has 0 unspecified atom stereocenters. The lowest BCUT2D eigenvalue weighted by Gasteiger charge is -2.34. The molecule has 8 nitrogen and oxygen atoms in total. The molecule has 1 amide bonds. The summed E-state index contributed by atoms with van der Waals surface area (Å²) in [6.45, 7) is 2.74. The molecule has 2 heterocycles. The average Bonchev–Trinajstić information content (AvgIpc) is 3.08. The third kappa shape index (κ3) is 3.76. The van der Waals surface area contributed by atoms with E-state index in [0.29, 0.717) is 42.8 Å². The Bertz CT molecular complexity index is 782. The monoisotopic (exact) mass is 383 g/mol. The van der Waals surface area contributed by atoms with Crippen LogP contribution in [0.5, 0.6) is 0 Å². The lowest BCUT2D eigenvalue weighted by Crippen LogP contribution is -2.48. The molecule has 2 aromatic rings. The maximum absolute atomic E-state index is 12.4. The van der Waals surface area contributed by atoms with E-state index in [1.165, 1.54) is 0 Å². The van der Waals surface area contributed by atoms with E-state index >= 15 is 0 Å². The number of nitrogens with zero attached hydrogens (tertiary/aromatic N) is 4. The quantitative estimate of drug-likeness (QED) is 0.646. The number of nitro groups is 1. The summed E-state index contributed by atoms with van der Waals surface area (Å²) in [5.41, 5.74) is 0.456. The van der Waals surface area contributed by atoms with Crippen molar-refractivity contribution in [3.05, 3.63) is 55.8 Å². The Morgan fingerprint density at radius 2 is 1.88 bits per heavy atom. The zero-order valence-corrected chi connectivity index (χ0v) is 14.6. The number of amides is 1. The van der Waals surface area contributed by atoms with Crippen LogP contribution in [0.2, 0.25) is 10.0 Å². The first-order valence-corrected chi connectivity index (χ1v) is 8.35. The molecule has 25 heavy (non-hydrogen) atoms. The van der Waals surface area contributed by atoms with Crippen molar-refractivity contribution < 1.29 is 9.72 Å². The number of nitrogens with one attached hydrogen (secondary N) is 1. The minimum absolute atomic E-state index is 0.0902. The SMILES string of the molecule is O=C(c1[nH]ncc1[N+](=O)[O-])N1CCN(Cc2c(Cl)cccc2Cl)CC1. The van der Waals surface area contributed by atoms with Gasteiger partial charge in [-0.25, -0.2) is 0 Å². The average molecular weight is 384 g/mol. The summed E-state index contributed by atoms with van der Waals surface area (Å²) in [6, 6.07) is 5.38. The fraction of sp³-hybridized carbons (Fsp3) is 0.333. The van der Waals surface area contributed by atoms with Crippen molar-refractivity contribution in [1.82, 2.24) is 20.0 Å². The molecule has 1 aromatic carbocycles. The van der Waals surface area contributed by atoms with Crippen LogP contribution in [0.15, 0.2) is 24.4 Å². The van der Waals surface area contributed by atoms with Crippen LogP contribution in [0, 0.1) is 10.1 Å². The minimum atomic E-state index is -0.619. The summed E-state index contributed by atoms with van der Waals surface area (Å²) in [5.74, 6) is -0.417. The lowest BCUT2D eigenvalue weighted by atomic mass is 10.2. The number of hydrogen-bond acceptors (Lipinski definition) is 5. The first-order valence-electron chi connectivity index (χ1n) is 7.59. The largest absolute Gasteiger partial charge is 0.335 e. The Hall–Kier alpha value is -2.16. The molecule has 132 valence electrons. The van der Waals surface area contributed by atoms with E-state index in [-0.39, 0.29) is 11.4 Å².